The molecule has 0 aliphatic rings. The van der Waals surface area contributed by atoms with Gasteiger partial charge in [-0.2, -0.15) is 0 Å². The number of para-hydroxylation sites is 1. The van der Waals surface area contributed by atoms with E-state index in [0.29, 0.717) is 5.56 Å². The Morgan fingerprint density at radius 3 is 1.68 bits per heavy atom. The minimum absolute atomic E-state index is 0.0284. The molecule has 0 fully saturated rings. The van der Waals surface area contributed by atoms with Crippen molar-refractivity contribution in [2.45, 2.75) is 58.3 Å². The van der Waals surface area contributed by atoms with Crippen LogP contribution in [0.5, 0.6) is 11.5 Å². The third-order valence-electron chi connectivity index (χ3n) is 5.65. The van der Waals surface area contributed by atoms with Crippen LogP contribution in [0.15, 0.2) is 66.7 Å². The van der Waals surface area contributed by atoms with E-state index in [1.807, 2.05) is 42.5 Å². The van der Waals surface area contributed by atoms with Crippen LogP contribution in [-0.4, -0.2) is 16.0 Å². The van der Waals surface area contributed by atoms with E-state index in [-0.39, 0.29) is 28.1 Å². The van der Waals surface area contributed by atoms with Crippen LogP contribution in [0.1, 0.15) is 80.1 Å². The smallest absolute Gasteiger partial charge is 0.178 e. The van der Waals surface area contributed by atoms with Crippen molar-refractivity contribution in [2.75, 3.05) is 0 Å². The zero-order valence-corrected chi connectivity index (χ0v) is 19.2. The molecule has 1 unspecified atom stereocenters. The maximum absolute atomic E-state index is 13.8. The molecule has 0 bridgehead atoms. The Morgan fingerprint density at radius 2 is 1.19 bits per heavy atom. The van der Waals surface area contributed by atoms with E-state index in [9.17, 15) is 15.0 Å². The molecule has 0 saturated carbocycles. The zero-order valence-electron chi connectivity index (χ0n) is 19.2. The first-order valence-electron chi connectivity index (χ1n) is 10.7. The van der Waals surface area contributed by atoms with Crippen molar-refractivity contribution in [2.24, 2.45) is 0 Å². The lowest BCUT2D eigenvalue weighted by Gasteiger charge is -2.30. The van der Waals surface area contributed by atoms with Crippen molar-refractivity contribution in [1.82, 2.24) is 0 Å². The fourth-order valence-corrected chi connectivity index (χ4v) is 3.95. The molecule has 0 amide bonds. The number of rotatable bonds is 4. The summed E-state index contributed by atoms with van der Waals surface area (Å²) in [6.45, 7) is 12.3. The number of hydrogen-bond donors (Lipinski definition) is 2. The topological polar surface area (TPSA) is 57.5 Å². The first-order chi connectivity index (χ1) is 14.4. The van der Waals surface area contributed by atoms with Crippen LogP contribution in [0.25, 0.3) is 0 Å². The highest BCUT2D eigenvalue weighted by Crippen LogP contribution is 2.43. The summed E-state index contributed by atoms with van der Waals surface area (Å²) in [6.07, 6.45) is 0. The molecule has 1 atom stereocenters. The monoisotopic (exact) mass is 416 g/mol. The lowest BCUT2D eigenvalue weighted by atomic mass is 9.75. The molecule has 3 aromatic carbocycles. The summed E-state index contributed by atoms with van der Waals surface area (Å²) < 4.78 is 0. The van der Waals surface area contributed by atoms with E-state index in [4.69, 9.17) is 0 Å². The van der Waals surface area contributed by atoms with Crippen molar-refractivity contribution < 1.29 is 15.0 Å². The Morgan fingerprint density at radius 1 is 0.710 bits per heavy atom. The summed E-state index contributed by atoms with van der Waals surface area (Å²) in [6, 6.07) is 20.2. The number of phenols is 2. The van der Waals surface area contributed by atoms with Gasteiger partial charge < -0.3 is 10.2 Å². The molecule has 0 aliphatic heterocycles. The molecule has 0 aliphatic carbocycles. The van der Waals surface area contributed by atoms with Gasteiger partial charge >= 0.3 is 0 Å². The van der Waals surface area contributed by atoms with Gasteiger partial charge in [0.05, 0.1) is 11.5 Å². The fourth-order valence-electron chi connectivity index (χ4n) is 3.95. The van der Waals surface area contributed by atoms with E-state index >= 15 is 0 Å². The number of phenolic OH excluding ortho intramolecular Hbond substituents is 2. The number of hydrogen-bond acceptors (Lipinski definition) is 3. The summed E-state index contributed by atoms with van der Waals surface area (Å²) in [5.41, 5.74) is 2.95. The average molecular weight is 417 g/mol. The molecule has 0 saturated heterocycles. The SMILES string of the molecule is CC(C)(C)c1cc(C(C(=O)c2ccccc2O)c2ccccc2)cc(C(C)(C)C)c1O. The van der Waals surface area contributed by atoms with Crippen molar-refractivity contribution in [3.63, 3.8) is 0 Å². The Hall–Kier alpha value is -3.07. The van der Waals surface area contributed by atoms with Crippen LogP contribution in [0.2, 0.25) is 0 Å². The van der Waals surface area contributed by atoms with Crippen molar-refractivity contribution in [1.29, 1.82) is 0 Å². The third-order valence-corrected chi connectivity index (χ3v) is 5.65. The third kappa shape index (κ3) is 4.66. The summed E-state index contributed by atoms with van der Waals surface area (Å²) in [5, 5.41) is 21.5. The van der Waals surface area contributed by atoms with Crippen LogP contribution in [0.4, 0.5) is 0 Å². The summed E-state index contributed by atoms with van der Waals surface area (Å²) in [5.74, 6) is -0.517. The Kier molecular flexibility index (Phi) is 6.00. The number of Topliss-reactive ketones (excluding diaryl/α,β-unsaturated/α-hetero) is 1. The zero-order chi connectivity index (χ0) is 23.0. The van der Waals surface area contributed by atoms with E-state index in [1.165, 1.54) is 6.07 Å². The van der Waals surface area contributed by atoms with Crippen LogP contribution in [0.3, 0.4) is 0 Å². The van der Waals surface area contributed by atoms with Gasteiger partial charge in [-0.15, -0.1) is 0 Å². The minimum Gasteiger partial charge on any atom is -0.507 e. The molecule has 0 heterocycles. The van der Waals surface area contributed by atoms with E-state index in [0.717, 1.165) is 22.3 Å². The second-order valence-corrected chi connectivity index (χ2v) is 10.2. The van der Waals surface area contributed by atoms with Crippen molar-refractivity contribution >= 4 is 5.78 Å². The van der Waals surface area contributed by atoms with Crippen LogP contribution in [0, 0.1) is 0 Å². The second kappa shape index (κ2) is 8.22. The first-order valence-corrected chi connectivity index (χ1v) is 10.7. The largest absolute Gasteiger partial charge is 0.507 e. The van der Waals surface area contributed by atoms with E-state index in [2.05, 4.69) is 41.5 Å². The Bertz CT molecular complexity index is 1050. The molecule has 31 heavy (non-hydrogen) atoms. The molecule has 3 rings (SSSR count). The maximum atomic E-state index is 13.8. The molecular weight excluding hydrogens is 384 g/mol. The Balaban J connectivity index is 2.32. The minimum atomic E-state index is -0.600. The lowest BCUT2D eigenvalue weighted by Crippen LogP contribution is -2.21. The normalized spacial score (nSPS) is 13.1. The van der Waals surface area contributed by atoms with Gasteiger partial charge in [-0.05, 0) is 45.2 Å². The van der Waals surface area contributed by atoms with Gasteiger partial charge in [-0.3, -0.25) is 4.79 Å². The molecular formula is C28H32O3. The molecule has 162 valence electrons. The predicted octanol–water partition coefficient (Wildman–Crippen LogP) is 6.71. The van der Waals surface area contributed by atoms with Crippen molar-refractivity contribution in [3.05, 3.63) is 94.5 Å². The predicted molar refractivity (Wildman–Crippen MR) is 126 cm³/mol. The van der Waals surface area contributed by atoms with Gasteiger partial charge in [0.25, 0.3) is 0 Å². The van der Waals surface area contributed by atoms with Gasteiger partial charge in [0.15, 0.2) is 5.78 Å². The summed E-state index contributed by atoms with van der Waals surface area (Å²) >= 11 is 0. The molecule has 0 radical (unpaired) electrons. The van der Waals surface area contributed by atoms with Crippen LogP contribution >= 0.6 is 0 Å². The van der Waals surface area contributed by atoms with E-state index in [1.54, 1.807) is 18.2 Å². The van der Waals surface area contributed by atoms with E-state index < -0.39 is 5.92 Å². The molecule has 3 aromatic rings. The number of ketones is 1. The van der Waals surface area contributed by atoms with Crippen molar-refractivity contribution in [3.8, 4) is 11.5 Å². The van der Waals surface area contributed by atoms with Crippen LogP contribution < -0.4 is 0 Å². The summed E-state index contributed by atoms with van der Waals surface area (Å²) in [7, 11) is 0. The fraction of sp³-hybridized carbons (Fsp3) is 0.321. The highest BCUT2D eigenvalue weighted by atomic mass is 16.3. The van der Waals surface area contributed by atoms with Gasteiger partial charge in [-0.25, -0.2) is 0 Å². The van der Waals surface area contributed by atoms with Gasteiger partial charge in [0.2, 0.25) is 0 Å². The molecule has 3 nitrogen and oxygen atoms in total. The van der Waals surface area contributed by atoms with Gasteiger partial charge in [0.1, 0.15) is 11.5 Å². The number of benzene rings is 3. The number of aromatic hydroxyl groups is 2. The molecule has 3 heteroatoms. The Labute approximate surface area is 185 Å². The highest BCUT2D eigenvalue weighted by molar-refractivity contribution is 6.05. The molecule has 0 spiro atoms. The average Bonchev–Trinajstić information content (AvgIpc) is 2.68. The number of carbonyl (C=O) groups is 1. The quantitative estimate of drug-likeness (QED) is 0.465. The molecule has 2 N–H and O–H groups in total. The van der Waals surface area contributed by atoms with Crippen LogP contribution in [-0.2, 0) is 10.8 Å². The maximum Gasteiger partial charge on any atom is 0.178 e. The molecule has 0 aromatic heterocycles. The van der Waals surface area contributed by atoms with Gasteiger partial charge in [-0.1, -0.05) is 96.1 Å². The first kappa shape index (κ1) is 22.6. The second-order valence-electron chi connectivity index (χ2n) is 10.2. The highest BCUT2D eigenvalue weighted by Gasteiger charge is 2.32. The standard InChI is InChI=1S/C28H32O3/c1-27(2,3)21-16-19(17-22(26(21)31)28(4,5)6)24(18-12-8-7-9-13-18)25(30)20-14-10-11-15-23(20)29/h7-17,24,29,31H,1-6H3. The summed E-state index contributed by atoms with van der Waals surface area (Å²) in [4.78, 5) is 13.8. The number of carbonyl (C=O) groups excluding carboxylic acids is 1. The lowest BCUT2D eigenvalue weighted by molar-refractivity contribution is 0.0971. The van der Waals surface area contributed by atoms with Gasteiger partial charge in [0, 0.05) is 0 Å².